The molecule has 1 aliphatic rings. The quantitative estimate of drug-likeness (QED) is 0.274. The number of rotatable bonds is 10. The van der Waals surface area contributed by atoms with Gasteiger partial charge >= 0.3 is 0 Å². The number of carbonyl (C=O) groups is 3. The van der Waals surface area contributed by atoms with Crippen LogP contribution in [0.15, 0.2) is 78.9 Å². The zero-order chi connectivity index (χ0) is 28.8. The lowest BCUT2D eigenvalue weighted by molar-refractivity contribution is -0.139. The van der Waals surface area contributed by atoms with Crippen LogP contribution in [0.4, 0.5) is 0 Å². The summed E-state index contributed by atoms with van der Waals surface area (Å²) in [6.45, 7) is 0.497. The molecule has 212 valence electrons. The van der Waals surface area contributed by atoms with Crippen LogP contribution in [0.25, 0.3) is 11.0 Å². The van der Waals surface area contributed by atoms with Crippen molar-refractivity contribution >= 4 is 28.8 Å². The average molecular weight is 554 g/mol. The van der Waals surface area contributed by atoms with E-state index in [-0.39, 0.29) is 43.3 Å². The molecule has 5 rings (SSSR count). The van der Waals surface area contributed by atoms with Gasteiger partial charge in [-0.25, -0.2) is 4.68 Å². The van der Waals surface area contributed by atoms with Gasteiger partial charge in [0.1, 0.15) is 11.6 Å². The first-order valence-corrected chi connectivity index (χ1v) is 13.9. The largest absolute Gasteiger partial charge is 0.351 e. The van der Waals surface area contributed by atoms with E-state index >= 15 is 0 Å². The van der Waals surface area contributed by atoms with E-state index in [2.05, 4.69) is 20.9 Å². The SMILES string of the molecule is Cn1nnc2cc(CNC(=O)[C@@H]3C[C@H](NC(=O)Cc4ccccc4)CN3C(=O)[C@H](N)CCc3ccccc3)ccc21. The van der Waals surface area contributed by atoms with Crippen molar-refractivity contribution in [3.8, 4) is 0 Å². The second-order valence-electron chi connectivity index (χ2n) is 10.6. The van der Waals surface area contributed by atoms with Crippen LogP contribution in [0.2, 0.25) is 0 Å². The maximum absolute atomic E-state index is 13.5. The van der Waals surface area contributed by atoms with E-state index in [0.29, 0.717) is 19.3 Å². The summed E-state index contributed by atoms with van der Waals surface area (Å²) in [7, 11) is 1.82. The number of nitrogens with one attached hydrogen (secondary N) is 2. The maximum Gasteiger partial charge on any atom is 0.243 e. The molecule has 3 aromatic carbocycles. The van der Waals surface area contributed by atoms with E-state index in [0.717, 1.165) is 27.7 Å². The van der Waals surface area contributed by atoms with E-state index in [1.54, 1.807) is 4.68 Å². The van der Waals surface area contributed by atoms with Crippen molar-refractivity contribution in [3.63, 3.8) is 0 Å². The fourth-order valence-corrected chi connectivity index (χ4v) is 5.30. The van der Waals surface area contributed by atoms with Crippen molar-refractivity contribution in [1.82, 2.24) is 30.5 Å². The van der Waals surface area contributed by atoms with Crippen molar-refractivity contribution in [2.75, 3.05) is 6.54 Å². The van der Waals surface area contributed by atoms with Gasteiger partial charge in [-0.15, -0.1) is 5.10 Å². The van der Waals surface area contributed by atoms with Gasteiger partial charge in [0.05, 0.1) is 18.0 Å². The van der Waals surface area contributed by atoms with Crippen molar-refractivity contribution in [3.05, 3.63) is 95.6 Å². The average Bonchev–Trinajstić information content (AvgIpc) is 3.58. The first-order valence-electron chi connectivity index (χ1n) is 13.9. The molecule has 2 heterocycles. The standard InChI is InChI=1S/C31H35N7O3/c1-37-27-15-13-23(16-26(27)35-36-37)19-33-30(40)28-18-24(34-29(39)17-22-10-6-3-7-11-22)20-38(28)31(41)25(32)14-12-21-8-4-2-5-9-21/h2-11,13,15-16,24-25,28H,12,14,17-20,32H2,1H3,(H,33,40)(H,34,39)/t24-,25+,28-/m0/s1. The number of aryl methyl sites for hydroxylation is 2. The molecule has 0 bridgehead atoms. The fraction of sp³-hybridized carbons (Fsp3) is 0.323. The fourth-order valence-electron chi connectivity index (χ4n) is 5.30. The van der Waals surface area contributed by atoms with Crippen LogP contribution in [-0.4, -0.2) is 62.3 Å². The summed E-state index contributed by atoms with van der Waals surface area (Å²) in [5, 5.41) is 14.1. The van der Waals surface area contributed by atoms with Gasteiger partial charge in [-0.2, -0.15) is 0 Å². The minimum Gasteiger partial charge on any atom is -0.351 e. The van der Waals surface area contributed by atoms with Crippen molar-refractivity contribution in [2.45, 2.75) is 50.4 Å². The Labute approximate surface area is 238 Å². The Morgan fingerprint density at radius 1 is 0.976 bits per heavy atom. The number of hydrogen-bond donors (Lipinski definition) is 3. The van der Waals surface area contributed by atoms with Crippen molar-refractivity contribution in [1.29, 1.82) is 0 Å². The molecule has 41 heavy (non-hydrogen) atoms. The Hall–Kier alpha value is -4.57. The minimum absolute atomic E-state index is 0.152. The molecule has 1 aliphatic heterocycles. The second-order valence-corrected chi connectivity index (χ2v) is 10.6. The number of carbonyl (C=O) groups excluding carboxylic acids is 3. The first kappa shape index (κ1) is 28.0. The molecule has 3 atom stereocenters. The highest BCUT2D eigenvalue weighted by Gasteiger charge is 2.41. The number of fused-ring (bicyclic) bond motifs is 1. The minimum atomic E-state index is -0.761. The third-order valence-electron chi connectivity index (χ3n) is 7.51. The molecule has 1 fully saturated rings. The highest BCUT2D eigenvalue weighted by Crippen LogP contribution is 2.21. The molecule has 0 aliphatic carbocycles. The number of likely N-dealkylation sites (tertiary alicyclic amines) is 1. The lowest BCUT2D eigenvalue weighted by Crippen LogP contribution is -2.51. The zero-order valence-electron chi connectivity index (χ0n) is 23.1. The molecule has 0 unspecified atom stereocenters. The Morgan fingerprint density at radius 3 is 2.41 bits per heavy atom. The van der Waals surface area contributed by atoms with Gasteiger partial charge in [0.2, 0.25) is 17.7 Å². The van der Waals surface area contributed by atoms with E-state index in [1.165, 1.54) is 4.90 Å². The monoisotopic (exact) mass is 553 g/mol. The molecule has 0 saturated carbocycles. The number of hydrogen-bond acceptors (Lipinski definition) is 6. The van der Waals surface area contributed by atoms with Gasteiger partial charge in [-0.05, 0) is 48.1 Å². The highest BCUT2D eigenvalue weighted by molar-refractivity contribution is 5.91. The predicted molar refractivity (Wildman–Crippen MR) is 155 cm³/mol. The van der Waals surface area contributed by atoms with E-state index in [9.17, 15) is 14.4 Å². The van der Waals surface area contributed by atoms with Gasteiger partial charge in [0, 0.05) is 26.2 Å². The summed E-state index contributed by atoms with van der Waals surface area (Å²) < 4.78 is 1.69. The first-order chi connectivity index (χ1) is 19.9. The summed E-state index contributed by atoms with van der Waals surface area (Å²) in [6.07, 6.45) is 1.65. The molecule has 1 aromatic heterocycles. The molecular formula is C31H35N7O3. The molecule has 4 aromatic rings. The molecule has 10 nitrogen and oxygen atoms in total. The molecule has 1 saturated heterocycles. The summed E-state index contributed by atoms with van der Waals surface area (Å²) >= 11 is 0. The Bertz CT molecular complexity index is 1510. The summed E-state index contributed by atoms with van der Waals surface area (Å²) in [5.74, 6) is -0.727. The number of amides is 3. The van der Waals surface area contributed by atoms with Crippen molar-refractivity contribution < 1.29 is 14.4 Å². The lowest BCUT2D eigenvalue weighted by Gasteiger charge is -2.26. The van der Waals surface area contributed by atoms with Crippen LogP contribution in [0, 0.1) is 0 Å². The lowest BCUT2D eigenvalue weighted by atomic mass is 10.0. The third kappa shape index (κ3) is 6.96. The van der Waals surface area contributed by atoms with Gasteiger partial charge in [0.25, 0.3) is 0 Å². The molecular weight excluding hydrogens is 518 g/mol. The smallest absolute Gasteiger partial charge is 0.243 e. The van der Waals surface area contributed by atoms with Crippen LogP contribution in [0.5, 0.6) is 0 Å². The maximum atomic E-state index is 13.5. The van der Waals surface area contributed by atoms with Gasteiger partial charge in [-0.3, -0.25) is 14.4 Å². The molecule has 10 heteroatoms. The van der Waals surface area contributed by atoms with Gasteiger partial charge in [-0.1, -0.05) is 71.9 Å². The topological polar surface area (TPSA) is 135 Å². The number of aromatic nitrogens is 3. The van der Waals surface area contributed by atoms with Gasteiger partial charge in [0.15, 0.2) is 0 Å². The molecule has 0 spiro atoms. The highest BCUT2D eigenvalue weighted by atomic mass is 16.2. The van der Waals surface area contributed by atoms with Crippen molar-refractivity contribution in [2.24, 2.45) is 12.8 Å². The Balaban J connectivity index is 1.25. The van der Waals surface area contributed by atoms with Crippen LogP contribution in [-0.2, 0) is 40.8 Å². The summed E-state index contributed by atoms with van der Waals surface area (Å²) in [6, 6.07) is 23.2. The van der Waals surface area contributed by atoms with E-state index in [1.807, 2.05) is 85.9 Å². The number of nitrogens with two attached hydrogens (primary N) is 1. The summed E-state index contributed by atoms with van der Waals surface area (Å²) in [4.78, 5) is 41.3. The second kappa shape index (κ2) is 12.7. The molecule has 3 amide bonds. The molecule has 0 radical (unpaired) electrons. The van der Waals surface area contributed by atoms with E-state index < -0.39 is 12.1 Å². The number of benzene rings is 3. The predicted octanol–water partition coefficient (Wildman–Crippen LogP) is 1.87. The van der Waals surface area contributed by atoms with Gasteiger partial charge < -0.3 is 21.3 Å². The van der Waals surface area contributed by atoms with E-state index in [4.69, 9.17) is 5.73 Å². The van der Waals surface area contributed by atoms with Crippen LogP contribution in [0.1, 0.15) is 29.5 Å². The van der Waals surface area contributed by atoms with Crippen LogP contribution in [0.3, 0.4) is 0 Å². The molecule has 4 N–H and O–H groups in total. The van der Waals surface area contributed by atoms with Crippen LogP contribution < -0.4 is 16.4 Å². The third-order valence-corrected chi connectivity index (χ3v) is 7.51. The summed E-state index contributed by atoms with van der Waals surface area (Å²) in [5.41, 5.74) is 10.8. The Morgan fingerprint density at radius 2 is 1.68 bits per heavy atom. The normalized spacial score (nSPS) is 17.4. The number of nitrogens with zero attached hydrogens (tertiary/aromatic N) is 4. The van der Waals surface area contributed by atoms with Crippen LogP contribution >= 0.6 is 0 Å². The Kier molecular flexibility index (Phi) is 8.69. The zero-order valence-corrected chi connectivity index (χ0v) is 23.1.